The van der Waals surface area contributed by atoms with Crippen LogP contribution in [0, 0.1) is 92.7 Å². The second-order valence-electron chi connectivity index (χ2n) is 29.2. The maximum Gasteiger partial charge on any atom is 0.407 e. The maximum absolute atomic E-state index is 12.9. The number of fused-ring (bicyclic) bond motifs is 14. The number of hydrogen-bond donors (Lipinski definition) is 5. The van der Waals surface area contributed by atoms with Gasteiger partial charge >= 0.3 is 12.2 Å². The molecule has 2 amide bonds. The van der Waals surface area contributed by atoms with Crippen LogP contribution in [0.25, 0.3) is 0 Å². The third-order valence-corrected chi connectivity index (χ3v) is 25.3. The molecule has 5 N–H and O–H groups in total. The van der Waals surface area contributed by atoms with Gasteiger partial charge < -0.3 is 55.0 Å². The van der Waals surface area contributed by atoms with E-state index in [0.717, 1.165) is 104 Å². The van der Waals surface area contributed by atoms with Crippen LogP contribution in [0.1, 0.15) is 171 Å². The van der Waals surface area contributed by atoms with Gasteiger partial charge in [0.25, 0.3) is 0 Å². The van der Waals surface area contributed by atoms with E-state index < -0.39 is 0 Å². The number of nitrogens with one attached hydrogen (secondary N) is 5. The van der Waals surface area contributed by atoms with Gasteiger partial charge in [-0.15, -0.1) is 0 Å². The zero-order valence-corrected chi connectivity index (χ0v) is 49.0. The first-order valence-electron chi connectivity index (χ1n) is 32.0. The smallest absolute Gasteiger partial charge is 0.407 e. The minimum atomic E-state index is -0.351. The molecule has 13 heteroatoms. The SMILES string of the molecule is C[C@H]1CC[C@]2(OC1)O[C@H]1C[C@H]3[C@@H]4CC=C5C[C@@H](OC(=O)NCCNCCNCCNCCNC(=O)O[C@H]6CC[C@@]7(C)C(=CC[C@H]8[C@@H]9C[C@@H]%10O[C@@]%11(CC[C@H](C)CO%11)[C@@H](C)[C@@H]%10[C@@]9(C)CC[C@@H]87)C6)CC[C@]5(C)[C@H]4CC[C@]3(C)[C@H]1[C@@H]2C. The molecule has 4 heterocycles. The van der Waals surface area contributed by atoms with Crippen molar-refractivity contribution in [1.82, 2.24) is 26.6 Å². The van der Waals surface area contributed by atoms with Crippen molar-refractivity contribution in [2.45, 2.75) is 207 Å². The Labute approximate surface area is 463 Å². The first-order chi connectivity index (χ1) is 37.0. The summed E-state index contributed by atoms with van der Waals surface area (Å²) in [5.74, 6) is 6.90. The lowest BCUT2D eigenvalue weighted by Gasteiger charge is -2.58. The summed E-state index contributed by atoms with van der Waals surface area (Å²) in [7, 11) is 0. The topological polar surface area (TPSA) is 150 Å². The average Bonchev–Trinajstić information content (AvgIpc) is 4.30. The molecule has 6 saturated carbocycles. The minimum absolute atomic E-state index is 0.0520. The average molecular weight is 1070 g/mol. The van der Waals surface area contributed by atoms with Gasteiger partial charge in [-0.25, -0.2) is 9.59 Å². The van der Waals surface area contributed by atoms with Gasteiger partial charge in [0.15, 0.2) is 11.6 Å². The van der Waals surface area contributed by atoms with Gasteiger partial charge in [0, 0.05) is 89.9 Å². The molecule has 0 radical (unpaired) electrons. The van der Waals surface area contributed by atoms with Crippen molar-refractivity contribution in [3.63, 3.8) is 0 Å². The number of carbonyl (C=O) groups excluding carboxylic acids is 2. The molecule has 13 nitrogen and oxygen atoms in total. The summed E-state index contributed by atoms with van der Waals surface area (Å²) < 4.78 is 39.2. The van der Waals surface area contributed by atoms with Crippen LogP contribution in [0.2, 0.25) is 0 Å². The Balaban J connectivity index is 0.490. The highest BCUT2D eigenvalue weighted by Gasteiger charge is 2.71. The second kappa shape index (κ2) is 21.5. The van der Waals surface area contributed by atoms with Crippen LogP contribution >= 0.6 is 0 Å². The zero-order valence-electron chi connectivity index (χ0n) is 49.0. The Bertz CT molecular complexity index is 2060. The molecule has 0 aromatic carbocycles. The number of rotatable bonds is 14. The van der Waals surface area contributed by atoms with Gasteiger partial charge in [0.2, 0.25) is 0 Å². The van der Waals surface area contributed by atoms with Gasteiger partial charge in [-0.2, -0.15) is 0 Å². The van der Waals surface area contributed by atoms with E-state index in [9.17, 15) is 9.59 Å². The summed E-state index contributed by atoms with van der Waals surface area (Å²) in [4.78, 5) is 25.9. The van der Waals surface area contributed by atoms with Crippen molar-refractivity contribution in [2.75, 3.05) is 65.6 Å². The summed E-state index contributed by atoms with van der Waals surface area (Å²) in [6, 6.07) is 0. The maximum atomic E-state index is 12.9. The molecule has 77 heavy (non-hydrogen) atoms. The number of alkyl carbamates (subject to hydrolysis) is 2. The lowest BCUT2D eigenvalue weighted by atomic mass is 9.47. The quantitative estimate of drug-likeness (QED) is 0.0836. The normalized spacial score (nSPS) is 49.2. The number of ether oxygens (including phenoxy) is 6. The van der Waals surface area contributed by atoms with E-state index in [-0.39, 0.29) is 46.8 Å². The molecule has 4 aliphatic heterocycles. The fourth-order valence-electron chi connectivity index (χ4n) is 21.1. The van der Waals surface area contributed by atoms with Crippen LogP contribution < -0.4 is 26.6 Å². The van der Waals surface area contributed by atoms with Crippen molar-refractivity contribution in [1.29, 1.82) is 0 Å². The summed E-state index contributed by atoms with van der Waals surface area (Å²) in [5, 5.41) is 16.3. The molecule has 432 valence electrons. The highest BCUT2D eigenvalue weighted by atomic mass is 16.7. The van der Waals surface area contributed by atoms with E-state index in [4.69, 9.17) is 28.4 Å². The molecule has 10 fully saturated rings. The molecule has 4 saturated heterocycles. The Kier molecular flexibility index (Phi) is 15.4. The van der Waals surface area contributed by atoms with E-state index in [2.05, 4.69) is 94.1 Å². The minimum Gasteiger partial charge on any atom is -0.446 e. The predicted molar refractivity (Wildman–Crippen MR) is 299 cm³/mol. The highest BCUT2D eigenvalue weighted by Crippen LogP contribution is 2.73. The summed E-state index contributed by atoms with van der Waals surface area (Å²) in [6.07, 6.45) is 25.3. The van der Waals surface area contributed by atoms with Crippen LogP contribution in [0.4, 0.5) is 9.59 Å². The molecular weight excluding hydrogens is 967 g/mol. The fourth-order valence-corrected chi connectivity index (χ4v) is 21.1. The predicted octanol–water partition coefficient (Wildman–Crippen LogP) is 10.7. The first kappa shape index (κ1) is 55.3. The van der Waals surface area contributed by atoms with Crippen molar-refractivity contribution >= 4 is 12.2 Å². The molecular formula is C64H103N5O8. The van der Waals surface area contributed by atoms with Crippen LogP contribution in [0.3, 0.4) is 0 Å². The molecule has 22 atom stereocenters. The largest absolute Gasteiger partial charge is 0.446 e. The number of allylic oxidation sites excluding steroid dienone is 2. The number of carbonyl (C=O) groups is 2. The van der Waals surface area contributed by atoms with E-state index in [1.54, 1.807) is 0 Å². The Hall–Kier alpha value is -2.26. The molecule has 0 bridgehead atoms. The first-order valence-corrected chi connectivity index (χ1v) is 32.0. The standard InChI is InChI=1S/C64H103N5O8/c1-39-13-23-63(72-37-39)41(3)55-53(76-63)35-51-47-11-9-43-33-45(15-19-59(43,5)49(47)17-21-61(51,55)7)74-57(70)68-31-29-66-27-25-65-26-28-67-30-32-69-58(71)75-46-16-20-60(6)44(34-46)10-12-48-50(60)18-22-62(8)52(48)36-54-56(62)42(4)64(77-54)24-14-40(2)38-73-64/h9-10,39-42,45-56,65-67H,11-38H2,1-8H3,(H,68,70)(H,69,71)/t39-,40-,41-,42-,45-,46-,47+,48+,49-,50-,51-,52-,53-,54-,55-,56-,59-,60-,61-,62-,63-,64-/m0/s1. The number of amides is 2. The molecule has 12 rings (SSSR count). The summed E-state index contributed by atoms with van der Waals surface area (Å²) in [5.41, 5.74) is 4.12. The van der Waals surface area contributed by atoms with Crippen LogP contribution in [0.15, 0.2) is 23.3 Å². The lowest BCUT2D eigenvalue weighted by Crippen LogP contribution is -2.52. The van der Waals surface area contributed by atoms with Crippen LogP contribution in [0.5, 0.6) is 0 Å². The zero-order chi connectivity index (χ0) is 53.5. The van der Waals surface area contributed by atoms with Gasteiger partial charge in [-0.1, -0.05) is 78.7 Å². The Morgan fingerprint density at radius 1 is 0.519 bits per heavy atom. The van der Waals surface area contributed by atoms with Gasteiger partial charge in [-0.05, 0) is 171 Å². The van der Waals surface area contributed by atoms with Crippen LogP contribution in [-0.2, 0) is 28.4 Å². The Morgan fingerprint density at radius 3 is 1.31 bits per heavy atom. The fraction of sp³-hybridized carbons (Fsp3) is 0.906. The van der Waals surface area contributed by atoms with Crippen molar-refractivity contribution in [2.24, 2.45) is 92.7 Å². The highest BCUT2D eigenvalue weighted by molar-refractivity contribution is 5.67. The van der Waals surface area contributed by atoms with Crippen molar-refractivity contribution in [3.05, 3.63) is 23.3 Å². The van der Waals surface area contributed by atoms with Crippen molar-refractivity contribution in [3.8, 4) is 0 Å². The Morgan fingerprint density at radius 2 is 0.922 bits per heavy atom. The van der Waals surface area contributed by atoms with Gasteiger partial charge in [0.1, 0.15) is 12.2 Å². The molecule has 0 aromatic rings. The number of hydrogen-bond acceptors (Lipinski definition) is 11. The van der Waals surface area contributed by atoms with Crippen LogP contribution in [-0.4, -0.2) is 114 Å². The summed E-state index contributed by atoms with van der Waals surface area (Å²) in [6.45, 7) is 27.2. The van der Waals surface area contributed by atoms with E-state index in [0.29, 0.717) is 120 Å². The lowest BCUT2D eigenvalue weighted by molar-refractivity contribution is -0.272. The molecule has 2 spiro atoms. The van der Waals surface area contributed by atoms with E-state index in [1.807, 2.05) is 0 Å². The van der Waals surface area contributed by atoms with E-state index >= 15 is 0 Å². The van der Waals surface area contributed by atoms with E-state index in [1.165, 1.54) is 62.5 Å². The molecule has 8 aliphatic carbocycles. The molecule has 0 unspecified atom stereocenters. The third-order valence-electron chi connectivity index (χ3n) is 25.3. The second-order valence-corrected chi connectivity index (χ2v) is 29.2. The molecule has 0 aromatic heterocycles. The summed E-state index contributed by atoms with van der Waals surface area (Å²) >= 11 is 0. The van der Waals surface area contributed by atoms with Gasteiger partial charge in [-0.3, -0.25) is 0 Å². The van der Waals surface area contributed by atoms with Crippen molar-refractivity contribution < 1.29 is 38.0 Å². The third kappa shape index (κ3) is 9.71. The molecule has 12 aliphatic rings. The monoisotopic (exact) mass is 1070 g/mol. The van der Waals surface area contributed by atoms with Gasteiger partial charge in [0.05, 0.1) is 25.4 Å².